The maximum absolute atomic E-state index is 6.07. The van der Waals surface area contributed by atoms with E-state index in [1.54, 1.807) is 6.20 Å². The molecule has 76 valence electrons. The summed E-state index contributed by atoms with van der Waals surface area (Å²) in [7, 11) is 0. The fourth-order valence-electron chi connectivity index (χ4n) is 1.54. The van der Waals surface area contributed by atoms with Crippen LogP contribution in [-0.2, 0) is 0 Å². The lowest BCUT2D eigenvalue weighted by molar-refractivity contribution is 0.614. The van der Waals surface area contributed by atoms with Crippen LogP contribution in [0.5, 0.6) is 0 Å². The van der Waals surface area contributed by atoms with Gasteiger partial charge in [0.25, 0.3) is 0 Å². The Morgan fingerprint density at radius 3 is 3.07 bits per heavy atom. The van der Waals surface area contributed by atoms with Gasteiger partial charge >= 0.3 is 0 Å². The van der Waals surface area contributed by atoms with Gasteiger partial charge in [-0.05, 0) is 43.4 Å². The number of hydrogen-bond acceptors (Lipinski definition) is 2. The van der Waals surface area contributed by atoms with Gasteiger partial charge in [0.15, 0.2) is 0 Å². The van der Waals surface area contributed by atoms with E-state index in [1.807, 2.05) is 18.3 Å². The van der Waals surface area contributed by atoms with Crippen LogP contribution >= 0.6 is 0 Å². The van der Waals surface area contributed by atoms with Crippen molar-refractivity contribution in [1.29, 1.82) is 0 Å². The van der Waals surface area contributed by atoms with Gasteiger partial charge in [-0.15, -0.1) is 6.58 Å². The molecule has 0 saturated carbocycles. The van der Waals surface area contributed by atoms with Crippen LogP contribution in [0, 0.1) is 6.92 Å². The van der Waals surface area contributed by atoms with Gasteiger partial charge in [-0.25, -0.2) is 0 Å². The van der Waals surface area contributed by atoms with Gasteiger partial charge in [0.05, 0.1) is 0 Å². The summed E-state index contributed by atoms with van der Waals surface area (Å²) in [5.41, 5.74) is 8.47. The molecule has 0 aromatic carbocycles. The highest BCUT2D eigenvalue weighted by Gasteiger charge is 2.07. The van der Waals surface area contributed by atoms with Gasteiger partial charge in [-0.1, -0.05) is 6.08 Å². The highest BCUT2D eigenvalue weighted by atomic mass is 14.7. The number of aryl methyl sites for hydroxylation is 1. The molecule has 0 aliphatic heterocycles. The normalized spacial score (nSPS) is 12.4. The summed E-state index contributed by atoms with van der Waals surface area (Å²) in [4.78, 5) is 4.05. The molecule has 1 aromatic heterocycles. The van der Waals surface area contributed by atoms with Gasteiger partial charge in [-0.3, -0.25) is 4.98 Å². The number of nitrogens with zero attached hydrogens (tertiary/aromatic N) is 1. The van der Waals surface area contributed by atoms with Crippen molar-refractivity contribution in [2.45, 2.75) is 32.2 Å². The summed E-state index contributed by atoms with van der Waals surface area (Å²) in [5.74, 6) is 0. The maximum atomic E-state index is 6.07. The Bertz CT molecular complexity index is 294. The Hall–Kier alpha value is -1.15. The zero-order valence-corrected chi connectivity index (χ0v) is 8.74. The molecule has 0 aliphatic carbocycles. The van der Waals surface area contributed by atoms with Crippen LogP contribution in [0.3, 0.4) is 0 Å². The van der Waals surface area contributed by atoms with Crippen molar-refractivity contribution in [1.82, 2.24) is 4.98 Å². The molecule has 2 nitrogen and oxygen atoms in total. The van der Waals surface area contributed by atoms with E-state index in [-0.39, 0.29) is 6.04 Å². The average Bonchev–Trinajstić information content (AvgIpc) is 2.18. The average molecular weight is 190 g/mol. The van der Waals surface area contributed by atoms with E-state index >= 15 is 0 Å². The predicted octanol–water partition coefficient (Wildman–Crippen LogP) is 2.75. The molecule has 0 bridgehead atoms. The molecule has 1 aromatic rings. The maximum Gasteiger partial charge on any atom is 0.0300 e. The third kappa shape index (κ3) is 2.96. The van der Waals surface area contributed by atoms with E-state index in [9.17, 15) is 0 Å². The number of nitrogens with two attached hydrogens (primary N) is 1. The minimum absolute atomic E-state index is 0.137. The lowest BCUT2D eigenvalue weighted by Crippen LogP contribution is -2.11. The van der Waals surface area contributed by atoms with Crippen molar-refractivity contribution in [2.75, 3.05) is 0 Å². The quantitative estimate of drug-likeness (QED) is 0.572. The molecule has 2 N–H and O–H groups in total. The summed E-state index contributed by atoms with van der Waals surface area (Å²) in [6.07, 6.45) is 8.76. The van der Waals surface area contributed by atoms with E-state index in [0.717, 1.165) is 19.3 Å². The summed E-state index contributed by atoms with van der Waals surface area (Å²) in [5, 5.41) is 0. The Morgan fingerprint density at radius 2 is 2.43 bits per heavy atom. The first kappa shape index (κ1) is 10.9. The van der Waals surface area contributed by atoms with Crippen LogP contribution in [0.15, 0.2) is 31.1 Å². The van der Waals surface area contributed by atoms with E-state index in [1.165, 1.54) is 11.1 Å². The van der Waals surface area contributed by atoms with Crippen LogP contribution in [0.4, 0.5) is 0 Å². The smallest absolute Gasteiger partial charge is 0.0300 e. The Kier molecular flexibility index (Phi) is 4.33. The van der Waals surface area contributed by atoms with E-state index < -0.39 is 0 Å². The first-order valence-electron chi connectivity index (χ1n) is 5.02. The molecule has 0 amide bonds. The van der Waals surface area contributed by atoms with Crippen molar-refractivity contribution in [3.05, 3.63) is 42.2 Å². The molecule has 0 fully saturated rings. The Labute approximate surface area is 85.9 Å². The molecule has 0 aliphatic rings. The van der Waals surface area contributed by atoms with Crippen LogP contribution in [0.1, 0.15) is 36.4 Å². The van der Waals surface area contributed by atoms with Gasteiger partial charge in [0.2, 0.25) is 0 Å². The second kappa shape index (κ2) is 5.55. The highest BCUT2D eigenvalue weighted by Crippen LogP contribution is 2.19. The number of pyridine rings is 1. The number of aromatic nitrogens is 1. The summed E-state index contributed by atoms with van der Waals surface area (Å²) < 4.78 is 0. The first-order valence-corrected chi connectivity index (χ1v) is 5.02. The minimum Gasteiger partial charge on any atom is -0.324 e. The largest absolute Gasteiger partial charge is 0.324 e. The molecule has 2 heteroatoms. The second-order valence-electron chi connectivity index (χ2n) is 3.56. The van der Waals surface area contributed by atoms with Crippen molar-refractivity contribution in [3.8, 4) is 0 Å². The van der Waals surface area contributed by atoms with Crippen molar-refractivity contribution in [2.24, 2.45) is 5.73 Å². The first-order chi connectivity index (χ1) is 6.75. The van der Waals surface area contributed by atoms with Gasteiger partial charge in [0.1, 0.15) is 0 Å². The SMILES string of the molecule is C=CCCCC(N)c1ccncc1C. The van der Waals surface area contributed by atoms with Crippen LogP contribution in [0.2, 0.25) is 0 Å². The molecule has 1 unspecified atom stereocenters. The second-order valence-corrected chi connectivity index (χ2v) is 3.56. The fourth-order valence-corrected chi connectivity index (χ4v) is 1.54. The number of unbranched alkanes of at least 4 members (excludes halogenated alkanes) is 1. The fraction of sp³-hybridized carbons (Fsp3) is 0.417. The molecule has 14 heavy (non-hydrogen) atoms. The molecule has 1 rings (SSSR count). The Morgan fingerprint density at radius 1 is 1.64 bits per heavy atom. The van der Waals surface area contributed by atoms with E-state index in [0.29, 0.717) is 0 Å². The van der Waals surface area contributed by atoms with Crippen LogP contribution < -0.4 is 5.73 Å². The van der Waals surface area contributed by atoms with E-state index in [4.69, 9.17) is 5.73 Å². The number of rotatable bonds is 5. The minimum atomic E-state index is 0.137. The van der Waals surface area contributed by atoms with Gasteiger partial charge < -0.3 is 5.73 Å². The van der Waals surface area contributed by atoms with Crippen molar-refractivity contribution >= 4 is 0 Å². The molecular weight excluding hydrogens is 172 g/mol. The third-order valence-corrected chi connectivity index (χ3v) is 2.39. The van der Waals surface area contributed by atoms with E-state index in [2.05, 4.69) is 18.5 Å². The summed E-state index contributed by atoms with van der Waals surface area (Å²) >= 11 is 0. The lowest BCUT2D eigenvalue weighted by atomic mass is 9.99. The molecule has 0 radical (unpaired) electrons. The molecule has 1 heterocycles. The zero-order valence-electron chi connectivity index (χ0n) is 8.74. The standard InChI is InChI=1S/C12H18N2/c1-3-4-5-6-12(13)11-7-8-14-9-10(11)2/h3,7-9,12H,1,4-6,13H2,2H3. The van der Waals surface area contributed by atoms with Crippen molar-refractivity contribution in [3.63, 3.8) is 0 Å². The molecular formula is C12H18N2. The van der Waals surface area contributed by atoms with Crippen LogP contribution in [0.25, 0.3) is 0 Å². The molecule has 0 spiro atoms. The summed E-state index contributed by atoms with van der Waals surface area (Å²) in [6, 6.07) is 2.14. The van der Waals surface area contributed by atoms with Gasteiger partial charge in [0, 0.05) is 18.4 Å². The topological polar surface area (TPSA) is 38.9 Å². The summed E-state index contributed by atoms with van der Waals surface area (Å²) in [6.45, 7) is 5.75. The lowest BCUT2D eigenvalue weighted by Gasteiger charge is -2.13. The van der Waals surface area contributed by atoms with Gasteiger partial charge in [-0.2, -0.15) is 0 Å². The predicted molar refractivity (Wildman–Crippen MR) is 60.0 cm³/mol. The monoisotopic (exact) mass is 190 g/mol. The molecule has 1 atom stereocenters. The van der Waals surface area contributed by atoms with Crippen LogP contribution in [-0.4, -0.2) is 4.98 Å². The number of allylic oxidation sites excluding steroid dienone is 1. The Balaban J connectivity index is 2.55. The zero-order chi connectivity index (χ0) is 10.4. The highest BCUT2D eigenvalue weighted by molar-refractivity contribution is 5.24. The molecule has 0 saturated heterocycles. The third-order valence-electron chi connectivity index (χ3n) is 2.39. The number of hydrogen-bond donors (Lipinski definition) is 1. The van der Waals surface area contributed by atoms with Crippen molar-refractivity contribution < 1.29 is 0 Å².